The molecule has 0 aromatic rings. The van der Waals surface area contributed by atoms with Gasteiger partial charge in [0.1, 0.15) is 0 Å². The Morgan fingerprint density at radius 1 is 1.31 bits per heavy atom. The largest absolute Gasteiger partial charge is 0.353 e. The Labute approximate surface area is 95.0 Å². The Balaban J connectivity index is 3.40. The zero-order valence-electron chi connectivity index (χ0n) is 8.77. The van der Waals surface area contributed by atoms with Crippen LogP contribution in [-0.4, -0.2) is 16.4 Å². The van der Waals surface area contributed by atoms with Crippen LogP contribution in [0.15, 0.2) is 0 Å². The van der Waals surface area contributed by atoms with Crippen molar-refractivity contribution in [1.29, 1.82) is 0 Å². The molecule has 0 aliphatic rings. The van der Waals surface area contributed by atoms with Gasteiger partial charge in [0, 0.05) is 6.04 Å². The molecule has 0 radical (unpaired) electrons. The molecule has 78 valence electrons. The Bertz CT molecular complexity index is 148. The van der Waals surface area contributed by atoms with E-state index in [1.165, 1.54) is 12.8 Å². The molecule has 13 heavy (non-hydrogen) atoms. The van der Waals surface area contributed by atoms with E-state index in [1.807, 2.05) is 0 Å². The predicted molar refractivity (Wildman–Crippen MR) is 65.2 cm³/mol. The lowest BCUT2D eigenvalue weighted by Gasteiger charge is -2.13. The predicted octanol–water partition coefficient (Wildman–Crippen LogP) is 2.75. The molecule has 0 aliphatic carbocycles. The summed E-state index contributed by atoms with van der Waals surface area (Å²) < 4.78 is 0.562. The van der Waals surface area contributed by atoms with Crippen LogP contribution in [0.1, 0.15) is 40.0 Å². The van der Waals surface area contributed by atoms with Crippen LogP contribution >= 0.6 is 22.6 Å². The summed E-state index contributed by atoms with van der Waals surface area (Å²) in [7, 11) is 0. The van der Waals surface area contributed by atoms with E-state index in [-0.39, 0.29) is 5.91 Å². The van der Waals surface area contributed by atoms with Gasteiger partial charge in [-0.05, 0) is 19.3 Å². The molecule has 0 saturated heterocycles. The van der Waals surface area contributed by atoms with Crippen LogP contribution in [0.5, 0.6) is 0 Å². The smallest absolute Gasteiger partial charge is 0.230 e. The van der Waals surface area contributed by atoms with Crippen molar-refractivity contribution in [3.8, 4) is 0 Å². The minimum Gasteiger partial charge on any atom is -0.353 e. The Kier molecular flexibility index (Phi) is 7.71. The highest BCUT2D eigenvalue weighted by Crippen LogP contribution is 2.08. The average molecular weight is 297 g/mol. The number of hydrogen-bond donors (Lipinski definition) is 1. The molecule has 0 aromatic carbocycles. The highest BCUT2D eigenvalue weighted by atomic mass is 127. The minimum atomic E-state index is 0.151. The molecule has 1 amide bonds. The monoisotopic (exact) mass is 297 g/mol. The number of rotatable bonds is 6. The standard InChI is InChI=1S/C10H20INO/c1-8(2)5-4-6-9(3)12-10(13)7-11/h8-9H,4-7H2,1-3H3,(H,12,13). The van der Waals surface area contributed by atoms with Crippen LogP contribution in [0, 0.1) is 5.92 Å². The van der Waals surface area contributed by atoms with Gasteiger partial charge in [0.15, 0.2) is 0 Å². The van der Waals surface area contributed by atoms with E-state index in [0.717, 1.165) is 12.3 Å². The topological polar surface area (TPSA) is 29.1 Å². The Morgan fingerprint density at radius 3 is 2.38 bits per heavy atom. The van der Waals surface area contributed by atoms with Crippen LogP contribution in [0.2, 0.25) is 0 Å². The average Bonchev–Trinajstić information content (AvgIpc) is 2.03. The molecule has 0 saturated carbocycles. The van der Waals surface area contributed by atoms with Crippen LogP contribution < -0.4 is 5.32 Å². The van der Waals surface area contributed by atoms with Crippen molar-refractivity contribution < 1.29 is 4.79 Å². The van der Waals surface area contributed by atoms with E-state index in [9.17, 15) is 4.79 Å². The molecule has 1 unspecified atom stereocenters. The third-order valence-corrected chi connectivity index (χ3v) is 2.64. The molecule has 3 heteroatoms. The van der Waals surface area contributed by atoms with Crippen molar-refractivity contribution in [2.75, 3.05) is 4.43 Å². The van der Waals surface area contributed by atoms with Gasteiger partial charge in [-0.15, -0.1) is 0 Å². The minimum absolute atomic E-state index is 0.151. The lowest BCUT2D eigenvalue weighted by atomic mass is 10.0. The molecule has 0 spiro atoms. The van der Waals surface area contributed by atoms with Crippen molar-refractivity contribution in [1.82, 2.24) is 5.32 Å². The van der Waals surface area contributed by atoms with E-state index in [2.05, 4.69) is 48.7 Å². The molecule has 0 bridgehead atoms. The zero-order chi connectivity index (χ0) is 10.3. The normalized spacial score (nSPS) is 13.0. The number of carbonyl (C=O) groups excluding carboxylic acids is 1. The second-order valence-corrected chi connectivity index (χ2v) is 4.69. The number of nitrogens with one attached hydrogen (secondary N) is 1. The van der Waals surface area contributed by atoms with E-state index >= 15 is 0 Å². The number of hydrogen-bond acceptors (Lipinski definition) is 1. The van der Waals surface area contributed by atoms with Gasteiger partial charge in [0.2, 0.25) is 5.91 Å². The quantitative estimate of drug-likeness (QED) is 0.593. The highest BCUT2D eigenvalue weighted by molar-refractivity contribution is 14.1. The maximum absolute atomic E-state index is 11.0. The number of halogens is 1. The molecule has 0 fully saturated rings. The fraction of sp³-hybridized carbons (Fsp3) is 0.900. The molecule has 0 rings (SSSR count). The SMILES string of the molecule is CC(C)CCCC(C)NC(=O)CI. The maximum atomic E-state index is 11.0. The lowest BCUT2D eigenvalue weighted by Crippen LogP contribution is -2.33. The molecule has 1 N–H and O–H groups in total. The molecular formula is C10H20INO. The highest BCUT2D eigenvalue weighted by Gasteiger charge is 2.05. The van der Waals surface area contributed by atoms with Gasteiger partial charge < -0.3 is 5.32 Å². The number of amides is 1. The summed E-state index contributed by atoms with van der Waals surface area (Å²) in [5, 5.41) is 2.96. The molecular weight excluding hydrogens is 277 g/mol. The molecule has 0 aromatic heterocycles. The van der Waals surface area contributed by atoms with Crippen molar-refractivity contribution in [2.45, 2.75) is 46.1 Å². The van der Waals surface area contributed by atoms with Crippen LogP contribution in [0.4, 0.5) is 0 Å². The Hall–Kier alpha value is 0.200. The van der Waals surface area contributed by atoms with Gasteiger partial charge in [-0.3, -0.25) is 4.79 Å². The summed E-state index contributed by atoms with van der Waals surface area (Å²) in [5.41, 5.74) is 0. The van der Waals surface area contributed by atoms with E-state index in [4.69, 9.17) is 0 Å². The first-order chi connectivity index (χ1) is 6.06. The van der Waals surface area contributed by atoms with Gasteiger partial charge in [-0.1, -0.05) is 49.3 Å². The first-order valence-corrected chi connectivity index (χ1v) is 6.44. The van der Waals surface area contributed by atoms with Crippen LogP contribution in [-0.2, 0) is 4.79 Å². The van der Waals surface area contributed by atoms with Gasteiger partial charge in [0.05, 0.1) is 4.43 Å². The van der Waals surface area contributed by atoms with Crippen molar-refractivity contribution >= 4 is 28.5 Å². The second kappa shape index (κ2) is 7.59. The molecule has 0 heterocycles. The van der Waals surface area contributed by atoms with Crippen molar-refractivity contribution in [2.24, 2.45) is 5.92 Å². The first-order valence-electron chi connectivity index (χ1n) is 4.91. The first kappa shape index (κ1) is 13.2. The fourth-order valence-electron chi connectivity index (χ4n) is 1.22. The summed E-state index contributed by atoms with van der Waals surface area (Å²) in [4.78, 5) is 11.0. The lowest BCUT2D eigenvalue weighted by molar-refractivity contribution is -0.118. The van der Waals surface area contributed by atoms with E-state index in [0.29, 0.717) is 10.5 Å². The van der Waals surface area contributed by atoms with E-state index in [1.54, 1.807) is 0 Å². The Morgan fingerprint density at radius 2 is 1.92 bits per heavy atom. The third kappa shape index (κ3) is 8.53. The fourth-order valence-corrected chi connectivity index (χ4v) is 1.44. The van der Waals surface area contributed by atoms with Gasteiger partial charge in [-0.25, -0.2) is 0 Å². The van der Waals surface area contributed by atoms with Gasteiger partial charge in [0.25, 0.3) is 0 Å². The molecule has 1 atom stereocenters. The van der Waals surface area contributed by atoms with E-state index < -0.39 is 0 Å². The summed E-state index contributed by atoms with van der Waals surface area (Å²) in [5.74, 6) is 0.921. The summed E-state index contributed by atoms with van der Waals surface area (Å²) in [6.07, 6.45) is 3.56. The summed E-state index contributed by atoms with van der Waals surface area (Å²) in [6, 6.07) is 0.334. The van der Waals surface area contributed by atoms with Crippen LogP contribution in [0.25, 0.3) is 0 Å². The summed E-state index contributed by atoms with van der Waals surface area (Å²) >= 11 is 2.08. The van der Waals surface area contributed by atoms with Gasteiger partial charge >= 0.3 is 0 Å². The molecule has 0 aliphatic heterocycles. The van der Waals surface area contributed by atoms with Crippen LogP contribution in [0.3, 0.4) is 0 Å². The maximum Gasteiger partial charge on any atom is 0.230 e. The number of alkyl halides is 1. The second-order valence-electron chi connectivity index (χ2n) is 3.93. The summed E-state index contributed by atoms with van der Waals surface area (Å²) in [6.45, 7) is 6.53. The van der Waals surface area contributed by atoms with Gasteiger partial charge in [-0.2, -0.15) is 0 Å². The van der Waals surface area contributed by atoms with Crippen molar-refractivity contribution in [3.05, 3.63) is 0 Å². The molecule has 2 nitrogen and oxygen atoms in total. The van der Waals surface area contributed by atoms with Crippen molar-refractivity contribution in [3.63, 3.8) is 0 Å². The number of carbonyl (C=O) groups is 1. The zero-order valence-corrected chi connectivity index (χ0v) is 10.9. The third-order valence-electron chi connectivity index (χ3n) is 1.95.